The van der Waals surface area contributed by atoms with Crippen molar-refractivity contribution in [2.24, 2.45) is 0 Å². The largest absolute Gasteiger partial charge is 0.394 e. The summed E-state index contributed by atoms with van der Waals surface area (Å²) in [4.78, 5) is 0. The highest BCUT2D eigenvalue weighted by molar-refractivity contribution is 7.80. The minimum atomic E-state index is -1.02. The standard InChI is InChI=1S/C5H10O4S/c6-1-2-3(7)4(8)5(10)9-2/h2-8,10H,1H2/t2-,3-,4+,5+/m0/s1. The van der Waals surface area contributed by atoms with E-state index in [0.717, 1.165) is 0 Å². The summed E-state index contributed by atoms with van der Waals surface area (Å²) in [7, 11) is 0. The molecule has 1 aliphatic heterocycles. The van der Waals surface area contributed by atoms with Crippen LogP contribution < -0.4 is 0 Å². The topological polar surface area (TPSA) is 69.9 Å². The molecular weight excluding hydrogens is 156 g/mol. The van der Waals surface area contributed by atoms with Gasteiger partial charge in [-0.1, -0.05) is 0 Å². The Kier molecular flexibility index (Phi) is 2.54. The summed E-state index contributed by atoms with van der Waals surface area (Å²) < 4.78 is 4.85. The lowest BCUT2D eigenvalue weighted by Crippen LogP contribution is -2.32. The SMILES string of the molecule is OC[C@@H]1O[C@H](S)[C@H](O)[C@H]1O. The Hall–Kier alpha value is 0.190. The van der Waals surface area contributed by atoms with E-state index in [1.807, 2.05) is 0 Å². The van der Waals surface area contributed by atoms with Gasteiger partial charge in [0.25, 0.3) is 0 Å². The fraction of sp³-hybridized carbons (Fsp3) is 1.00. The molecule has 3 N–H and O–H groups in total. The highest BCUT2D eigenvalue weighted by atomic mass is 32.1. The molecule has 0 radical (unpaired) electrons. The maximum Gasteiger partial charge on any atom is 0.129 e. The molecule has 0 aromatic rings. The van der Waals surface area contributed by atoms with Crippen LogP contribution >= 0.6 is 12.6 Å². The Bertz CT molecular complexity index is 120. The smallest absolute Gasteiger partial charge is 0.129 e. The van der Waals surface area contributed by atoms with Crippen molar-refractivity contribution in [3.05, 3.63) is 0 Å². The number of hydrogen-bond donors (Lipinski definition) is 4. The second kappa shape index (κ2) is 3.06. The van der Waals surface area contributed by atoms with Crippen LogP contribution in [0.3, 0.4) is 0 Å². The molecule has 1 fully saturated rings. The average molecular weight is 166 g/mol. The second-order valence-electron chi connectivity index (χ2n) is 2.23. The first-order valence-corrected chi connectivity index (χ1v) is 3.49. The van der Waals surface area contributed by atoms with Crippen molar-refractivity contribution in [1.29, 1.82) is 0 Å². The summed E-state index contributed by atoms with van der Waals surface area (Å²) in [6.07, 6.45) is -2.72. The lowest BCUT2D eigenvalue weighted by Gasteiger charge is -2.09. The third-order valence-corrected chi connectivity index (χ3v) is 1.94. The molecule has 5 heteroatoms. The zero-order valence-electron chi connectivity index (χ0n) is 5.21. The van der Waals surface area contributed by atoms with Gasteiger partial charge in [0.05, 0.1) is 6.61 Å². The predicted octanol–water partition coefficient (Wildman–Crippen LogP) is -1.64. The average Bonchev–Trinajstić information content (AvgIpc) is 2.17. The van der Waals surface area contributed by atoms with Gasteiger partial charge in [-0.2, -0.15) is 0 Å². The zero-order chi connectivity index (χ0) is 7.72. The summed E-state index contributed by atoms with van der Waals surface area (Å²) in [5.74, 6) is 0. The monoisotopic (exact) mass is 166 g/mol. The third-order valence-electron chi connectivity index (χ3n) is 1.52. The van der Waals surface area contributed by atoms with Gasteiger partial charge in [0.2, 0.25) is 0 Å². The van der Waals surface area contributed by atoms with Gasteiger partial charge >= 0.3 is 0 Å². The van der Waals surface area contributed by atoms with Gasteiger partial charge in [0.1, 0.15) is 23.7 Å². The van der Waals surface area contributed by atoms with Crippen LogP contribution in [-0.2, 0) is 4.74 Å². The molecule has 0 bridgehead atoms. The molecule has 10 heavy (non-hydrogen) atoms. The Morgan fingerprint density at radius 2 is 1.90 bits per heavy atom. The van der Waals surface area contributed by atoms with Gasteiger partial charge in [-0.15, -0.1) is 12.6 Å². The molecule has 0 saturated carbocycles. The van der Waals surface area contributed by atoms with Gasteiger partial charge < -0.3 is 20.1 Å². The highest BCUT2D eigenvalue weighted by Crippen LogP contribution is 2.22. The van der Waals surface area contributed by atoms with E-state index in [-0.39, 0.29) is 6.61 Å². The molecule has 4 atom stereocenters. The Balaban J connectivity index is 2.53. The first-order chi connectivity index (χ1) is 4.66. The van der Waals surface area contributed by atoms with Crippen molar-refractivity contribution < 1.29 is 20.1 Å². The molecule has 0 amide bonds. The van der Waals surface area contributed by atoms with E-state index in [9.17, 15) is 0 Å². The molecule has 1 rings (SSSR count). The normalized spacial score (nSPS) is 48.0. The van der Waals surface area contributed by atoms with Crippen LogP contribution in [0.5, 0.6) is 0 Å². The maximum atomic E-state index is 9.04. The fourth-order valence-corrected chi connectivity index (χ4v) is 1.21. The maximum absolute atomic E-state index is 9.04. The number of ether oxygens (including phenoxy) is 1. The Morgan fingerprint density at radius 3 is 2.10 bits per heavy atom. The second-order valence-corrected chi connectivity index (χ2v) is 2.74. The van der Waals surface area contributed by atoms with Crippen LogP contribution in [0.1, 0.15) is 0 Å². The lowest BCUT2D eigenvalue weighted by molar-refractivity contribution is -0.00794. The van der Waals surface area contributed by atoms with Crippen molar-refractivity contribution in [2.75, 3.05) is 6.61 Å². The summed E-state index contributed by atoms with van der Waals surface area (Å²) >= 11 is 3.82. The number of rotatable bonds is 1. The third kappa shape index (κ3) is 1.28. The number of thiol groups is 1. The quantitative estimate of drug-likeness (QED) is 0.352. The fourth-order valence-electron chi connectivity index (χ4n) is 0.880. The molecule has 1 saturated heterocycles. The van der Waals surface area contributed by atoms with E-state index >= 15 is 0 Å². The summed E-state index contributed by atoms with van der Waals surface area (Å²) in [6, 6.07) is 0. The van der Waals surface area contributed by atoms with E-state index < -0.39 is 23.7 Å². The van der Waals surface area contributed by atoms with Crippen molar-refractivity contribution in [1.82, 2.24) is 0 Å². The number of hydrogen-bond acceptors (Lipinski definition) is 5. The van der Waals surface area contributed by atoms with Crippen LogP contribution in [-0.4, -0.2) is 45.7 Å². The van der Waals surface area contributed by atoms with Gasteiger partial charge in [-0.3, -0.25) is 0 Å². The van der Waals surface area contributed by atoms with Gasteiger partial charge in [-0.25, -0.2) is 0 Å². The van der Waals surface area contributed by atoms with E-state index in [1.54, 1.807) is 0 Å². The van der Waals surface area contributed by atoms with Crippen LogP contribution in [0.4, 0.5) is 0 Å². The van der Waals surface area contributed by atoms with Gasteiger partial charge in [0.15, 0.2) is 0 Å². The summed E-state index contributed by atoms with van der Waals surface area (Å²) in [6.45, 7) is -0.296. The molecule has 0 unspecified atom stereocenters. The van der Waals surface area contributed by atoms with Crippen molar-refractivity contribution in [3.8, 4) is 0 Å². The van der Waals surface area contributed by atoms with Gasteiger partial charge in [-0.05, 0) is 0 Å². The Morgan fingerprint density at radius 1 is 1.30 bits per heavy atom. The molecule has 4 nitrogen and oxygen atoms in total. The van der Waals surface area contributed by atoms with E-state index in [1.165, 1.54) is 0 Å². The summed E-state index contributed by atoms with van der Waals surface area (Å²) in [5.41, 5.74) is -0.688. The van der Waals surface area contributed by atoms with Crippen molar-refractivity contribution in [2.45, 2.75) is 23.7 Å². The Labute approximate surface area is 63.8 Å². The minimum Gasteiger partial charge on any atom is -0.394 e. The zero-order valence-corrected chi connectivity index (χ0v) is 6.11. The molecule has 1 aliphatic rings. The predicted molar refractivity (Wildman–Crippen MR) is 36.7 cm³/mol. The van der Waals surface area contributed by atoms with Crippen LogP contribution in [0.25, 0.3) is 0 Å². The number of aliphatic hydroxyl groups excluding tert-OH is 3. The first kappa shape index (κ1) is 8.29. The summed E-state index contributed by atoms with van der Waals surface area (Å²) in [5, 5.41) is 26.6. The van der Waals surface area contributed by atoms with E-state index in [0.29, 0.717) is 0 Å². The van der Waals surface area contributed by atoms with E-state index in [2.05, 4.69) is 12.6 Å². The van der Waals surface area contributed by atoms with Crippen LogP contribution in [0, 0.1) is 0 Å². The highest BCUT2D eigenvalue weighted by Gasteiger charge is 2.40. The van der Waals surface area contributed by atoms with E-state index in [4.69, 9.17) is 20.1 Å². The van der Waals surface area contributed by atoms with Gasteiger partial charge in [0, 0.05) is 0 Å². The van der Waals surface area contributed by atoms with Crippen LogP contribution in [0.2, 0.25) is 0 Å². The molecule has 0 aromatic heterocycles. The molecule has 1 heterocycles. The number of aliphatic hydroxyl groups is 3. The van der Waals surface area contributed by atoms with Crippen LogP contribution in [0.15, 0.2) is 0 Å². The molecule has 0 aromatic carbocycles. The molecule has 0 aliphatic carbocycles. The first-order valence-electron chi connectivity index (χ1n) is 2.97. The molecule has 60 valence electrons. The van der Waals surface area contributed by atoms with Crippen molar-refractivity contribution in [3.63, 3.8) is 0 Å². The van der Waals surface area contributed by atoms with Crippen molar-refractivity contribution >= 4 is 12.6 Å². The molecular formula is C5H10O4S. The molecule has 0 spiro atoms. The minimum absolute atomic E-state index is 0.296. The lowest BCUT2D eigenvalue weighted by atomic mass is 10.2.